The number of anilines is 3. The predicted molar refractivity (Wildman–Crippen MR) is 195 cm³/mol. The largest absolute Gasteiger partial charge is 0.492 e. The minimum absolute atomic E-state index is 0.0300. The Morgan fingerprint density at radius 2 is 1.69 bits per heavy atom. The van der Waals surface area contributed by atoms with Crippen molar-refractivity contribution >= 4 is 38.5 Å². The van der Waals surface area contributed by atoms with Gasteiger partial charge in [0, 0.05) is 61.7 Å². The van der Waals surface area contributed by atoms with Crippen molar-refractivity contribution in [3.63, 3.8) is 0 Å². The summed E-state index contributed by atoms with van der Waals surface area (Å²) in [6.07, 6.45) is 1.61. The number of hydrogen-bond donors (Lipinski definition) is 1. The van der Waals surface area contributed by atoms with E-state index < -0.39 is 37.9 Å². The minimum atomic E-state index is -4.59. The second-order valence-electron chi connectivity index (χ2n) is 12.5. The third kappa shape index (κ3) is 8.21. The van der Waals surface area contributed by atoms with Gasteiger partial charge in [-0.25, -0.2) is 40.9 Å². The van der Waals surface area contributed by atoms with Gasteiger partial charge >= 0.3 is 0 Å². The number of rotatable bonds is 13. The van der Waals surface area contributed by atoms with Gasteiger partial charge in [-0.3, -0.25) is 4.90 Å². The fraction of sp³-hybridized carbons (Fsp3) is 0.324. The fourth-order valence-corrected chi connectivity index (χ4v) is 8.53. The summed E-state index contributed by atoms with van der Waals surface area (Å²) in [4.78, 5) is 17.9. The molecule has 0 atom stereocenters. The topological polar surface area (TPSA) is 101 Å². The molecule has 1 N–H and O–H groups in total. The van der Waals surface area contributed by atoms with Crippen molar-refractivity contribution < 1.29 is 30.7 Å². The summed E-state index contributed by atoms with van der Waals surface area (Å²) < 4.78 is 89.0. The predicted octanol–water partition coefficient (Wildman–Crippen LogP) is 8.02. The van der Waals surface area contributed by atoms with E-state index in [1.54, 1.807) is 12.3 Å². The van der Waals surface area contributed by atoms with Crippen molar-refractivity contribution in [1.82, 2.24) is 19.9 Å². The molecule has 0 amide bonds. The van der Waals surface area contributed by atoms with E-state index in [0.717, 1.165) is 72.6 Å². The van der Waals surface area contributed by atoms with Crippen LogP contribution in [0.3, 0.4) is 0 Å². The Hall–Kier alpha value is -4.60. The first-order valence-corrected chi connectivity index (χ1v) is 19.3. The molecule has 15 heteroatoms. The lowest BCUT2D eigenvalue weighted by molar-refractivity contribution is 0.234. The number of aromatic nitrogens is 3. The Morgan fingerprint density at radius 3 is 2.38 bits per heavy atom. The maximum Gasteiger partial charge on any atom is 0.227 e. The monoisotopic (exact) mass is 754 g/mol. The van der Waals surface area contributed by atoms with Crippen LogP contribution in [0, 0.1) is 17.5 Å². The van der Waals surface area contributed by atoms with Crippen LogP contribution >= 0.6 is 11.3 Å². The van der Waals surface area contributed by atoms with Crippen LogP contribution in [0.25, 0.3) is 21.8 Å². The van der Waals surface area contributed by atoms with E-state index in [1.807, 2.05) is 39.0 Å². The number of piperazine rings is 1. The van der Waals surface area contributed by atoms with Crippen LogP contribution in [-0.4, -0.2) is 74.3 Å². The maximum absolute atomic E-state index is 15.1. The molecule has 0 saturated carbocycles. The summed E-state index contributed by atoms with van der Waals surface area (Å²) in [6, 6.07) is 14.2. The van der Waals surface area contributed by atoms with Crippen molar-refractivity contribution in [1.29, 1.82) is 0 Å². The summed E-state index contributed by atoms with van der Waals surface area (Å²) in [5, 5.41) is 4.06. The number of benzene rings is 3. The number of ether oxygens (including phenoxy) is 1. The van der Waals surface area contributed by atoms with E-state index >= 15 is 4.39 Å². The van der Waals surface area contributed by atoms with Gasteiger partial charge in [-0.2, -0.15) is 0 Å². The highest BCUT2D eigenvalue weighted by atomic mass is 32.2. The maximum atomic E-state index is 15.1. The highest BCUT2D eigenvalue weighted by molar-refractivity contribution is 7.90. The van der Waals surface area contributed by atoms with Gasteiger partial charge in [0.25, 0.3) is 0 Å². The fourth-order valence-electron chi connectivity index (χ4n) is 5.97. The molecule has 3 heterocycles. The Kier molecular flexibility index (Phi) is 11.4. The van der Waals surface area contributed by atoms with Crippen molar-refractivity contribution in [2.45, 2.75) is 37.3 Å². The van der Waals surface area contributed by atoms with Crippen LogP contribution in [0.5, 0.6) is 5.75 Å². The molecular formula is C37H38F4N6O3S2. The van der Waals surface area contributed by atoms with Gasteiger partial charge in [-0.1, -0.05) is 19.9 Å². The number of hydrogen-bond acceptors (Lipinski definition) is 10. The van der Waals surface area contributed by atoms with Crippen molar-refractivity contribution in [3.05, 3.63) is 94.9 Å². The summed E-state index contributed by atoms with van der Waals surface area (Å²) in [6.45, 7) is 9.35. The van der Waals surface area contributed by atoms with Gasteiger partial charge in [0.1, 0.15) is 34.8 Å². The molecular weight excluding hydrogens is 717 g/mol. The van der Waals surface area contributed by atoms with Crippen LogP contribution in [0.1, 0.15) is 37.3 Å². The second-order valence-corrected chi connectivity index (χ2v) is 15.5. The van der Waals surface area contributed by atoms with Gasteiger partial charge < -0.3 is 15.0 Å². The van der Waals surface area contributed by atoms with Gasteiger partial charge in [0.15, 0.2) is 9.84 Å². The van der Waals surface area contributed by atoms with E-state index in [9.17, 15) is 21.6 Å². The number of sulfone groups is 1. The van der Waals surface area contributed by atoms with E-state index in [0.29, 0.717) is 40.9 Å². The summed E-state index contributed by atoms with van der Waals surface area (Å²) in [7, 11) is -4.59. The second kappa shape index (κ2) is 16.0. The number of nitrogens with one attached hydrogen (secondary N) is 1. The summed E-state index contributed by atoms with van der Waals surface area (Å²) in [5.41, 5.74) is 2.76. The summed E-state index contributed by atoms with van der Waals surface area (Å²) >= 11 is 1.40. The van der Waals surface area contributed by atoms with Gasteiger partial charge in [0.2, 0.25) is 5.95 Å². The smallest absolute Gasteiger partial charge is 0.227 e. The zero-order valence-electron chi connectivity index (χ0n) is 28.9. The van der Waals surface area contributed by atoms with E-state index in [-0.39, 0.29) is 18.2 Å². The molecule has 9 nitrogen and oxygen atoms in total. The lowest BCUT2D eigenvalue weighted by atomic mass is 10.1. The first kappa shape index (κ1) is 37.2. The standard InChI is InChI=1S/C37H38F4N6O3S2/c1-4-50-32-11-9-26(21-31(32)47-18-16-46(15-13-38)17-19-47)43-37-42-14-12-30(44-37)34-33(45-36(51-34)23(2)3)24-8-10-27(39)25(20-24)22-52(48,49)35-28(40)6-5-7-29(35)41/h5-12,14,20-21,23H,4,13,15-19,22H2,1-3H3,(H,42,43,44). The third-order valence-corrected chi connectivity index (χ3v) is 11.6. The first-order chi connectivity index (χ1) is 25.0. The number of halogens is 4. The molecule has 0 radical (unpaired) electrons. The lowest BCUT2D eigenvalue weighted by Gasteiger charge is -2.36. The van der Waals surface area contributed by atoms with Gasteiger partial charge in [0.05, 0.1) is 39.3 Å². The molecule has 1 fully saturated rings. The molecule has 0 unspecified atom stereocenters. The molecule has 52 heavy (non-hydrogen) atoms. The highest BCUT2D eigenvalue weighted by Gasteiger charge is 2.27. The molecule has 1 aliphatic rings. The Morgan fingerprint density at radius 1 is 0.942 bits per heavy atom. The molecule has 0 aliphatic carbocycles. The molecule has 5 aromatic rings. The zero-order chi connectivity index (χ0) is 37.0. The average molecular weight is 755 g/mol. The van der Waals surface area contributed by atoms with Crippen molar-refractivity contribution in [3.8, 4) is 27.6 Å². The Balaban J connectivity index is 1.31. The number of thiazole rings is 1. The molecule has 6 rings (SSSR count). The highest BCUT2D eigenvalue weighted by Crippen LogP contribution is 2.40. The molecule has 274 valence electrons. The average Bonchev–Trinajstić information content (AvgIpc) is 3.57. The molecule has 1 aliphatic heterocycles. The van der Waals surface area contributed by atoms with E-state index in [2.05, 4.69) is 20.1 Å². The normalized spacial score (nSPS) is 13.9. The Bertz CT molecular complexity index is 2140. The molecule has 2 aromatic heterocycles. The number of alkyl halides is 1. The zero-order valence-corrected chi connectivity index (χ0v) is 30.5. The van der Waals surface area contributed by atoms with Gasteiger partial charge in [-0.05, 0) is 61.5 Å². The van der Waals surface area contributed by atoms with Crippen molar-refractivity contribution in [2.24, 2.45) is 0 Å². The molecule has 1 saturated heterocycles. The van der Waals surface area contributed by atoms with Crippen LogP contribution < -0.4 is 15.0 Å². The van der Waals surface area contributed by atoms with Crippen LogP contribution in [-0.2, 0) is 15.6 Å². The van der Waals surface area contributed by atoms with Gasteiger partial charge in [-0.15, -0.1) is 11.3 Å². The van der Waals surface area contributed by atoms with E-state index in [4.69, 9.17) is 14.7 Å². The SMILES string of the molecule is CCOc1ccc(Nc2nccc(-c3sc(C(C)C)nc3-c3ccc(F)c(CS(=O)(=O)c4c(F)cccc4F)c3)n2)cc1N1CCN(CCF)CC1. The van der Waals surface area contributed by atoms with Crippen LogP contribution in [0.4, 0.5) is 34.9 Å². The lowest BCUT2D eigenvalue weighted by Crippen LogP contribution is -2.47. The Labute approximate surface area is 304 Å². The molecule has 3 aromatic carbocycles. The van der Waals surface area contributed by atoms with Crippen LogP contribution in [0.15, 0.2) is 71.8 Å². The minimum Gasteiger partial charge on any atom is -0.492 e. The first-order valence-electron chi connectivity index (χ1n) is 16.8. The third-order valence-electron chi connectivity index (χ3n) is 8.55. The van der Waals surface area contributed by atoms with Crippen LogP contribution in [0.2, 0.25) is 0 Å². The van der Waals surface area contributed by atoms with Crippen molar-refractivity contribution in [2.75, 3.05) is 56.2 Å². The van der Waals surface area contributed by atoms with E-state index in [1.165, 1.54) is 23.5 Å². The molecule has 0 bridgehead atoms. The number of nitrogens with zero attached hydrogens (tertiary/aromatic N) is 5. The summed E-state index contributed by atoms with van der Waals surface area (Å²) in [5.74, 6) is -3.21. The molecule has 0 spiro atoms. The quantitative estimate of drug-likeness (QED) is 0.120.